The zero-order valence-corrected chi connectivity index (χ0v) is 11.9. The van der Waals surface area contributed by atoms with Crippen LogP contribution in [-0.2, 0) is 0 Å². The molecule has 1 aliphatic carbocycles. The van der Waals surface area contributed by atoms with Crippen LogP contribution in [0.1, 0.15) is 52.4 Å². The van der Waals surface area contributed by atoms with Crippen molar-refractivity contribution in [3.05, 3.63) is 0 Å². The lowest BCUT2D eigenvalue weighted by molar-refractivity contribution is 0.200. The average Bonchev–Trinajstić information content (AvgIpc) is 2.89. The SMILES string of the molecule is C#CC(NC1CCCCC1C1CCCN1)C(C)C. The molecule has 2 fully saturated rings. The third kappa shape index (κ3) is 3.28. The molecule has 0 amide bonds. The molecule has 0 bridgehead atoms. The van der Waals surface area contributed by atoms with Gasteiger partial charge in [-0.2, -0.15) is 0 Å². The van der Waals surface area contributed by atoms with E-state index in [1.165, 1.54) is 45.1 Å². The highest BCUT2D eigenvalue weighted by Gasteiger charge is 2.34. The largest absolute Gasteiger partial charge is 0.314 e. The molecule has 0 radical (unpaired) electrons. The molecule has 18 heavy (non-hydrogen) atoms. The minimum absolute atomic E-state index is 0.233. The van der Waals surface area contributed by atoms with Crippen LogP contribution in [-0.4, -0.2) is 24.7 Å². The minimum Gasteiger partial charge on any atom is -0.314 e. The van der Waals surface area contributed by atoms with Crippen LogP contribution >= 0.6 is 0 Å². The van der Waals surface area contributed by atoms with Crippen molar-refractivity contribution in [1.82, 2.24) is 10.6 Å². The van der Waals surface area contributed by atoms with Crippen molar-refractivity contribution in [1.29, 1.82) is 0 Å². The molecule has 2 heteroatoms. The highest BCUT2D eigenvalue weighted by molar-refractivity contribution is 5.03. The fourth-order valence-corrected chi connectivity index (χ4v) is 3.59. The third-order valence-corrected chi connectivity index (χ3v) is 4.67. The normalized spacial score (nSPS) is 34.4. The fraction of sp³-hybridized carbons (Fsp3) is 0.875. The first kappa shape index (κ1) is 13.9. The lowest BCUT2D eigenvalue weighted by atomic mass is 9.78. The Morgan fingerprint density at radius 3 is 2.56 bits per heavy atom. The lowest BCUT2D eigenvalue weighted by Crippen LogP contribution is -2.51. The lowest BCUT2D eigenvalue weighted by Gasteiger charge is -2.38. The first-order chi connectivity index (χ1) is 8.72. The average molecular weight is 248 g/mol. The highest BCUT2D eigenvalue weighted by atomic mass is 15.0. The van der Waals surface area contributed by atoms with Crippen molar-refractivity contribution >= 4 is 0 Å². The molecule has 0 aromatic carbocycles. The molecule has 1 saturated carbocycles. The standard InChI is InChI=1S/C16H28N2/c1-4-14(12(2)3)18-16-9-6-5-8-13(16)15-10-7-11-17-15/h1,12-18H,5-11H2,2-3H3. The summed E-state index contributed by atoms with van der Waals surface area (Å²) in [7, 11) is 0. The van der Waals surface area contributed by atoms with Gasteiger partial charge in [-0.15, -0.1) is 6.42 Å². The molecular weight excluding hydrogens is 220 g/mol. The maximum Gasteiger partial charge on any atom is 0.0712 e. The molecule has 4 unspecified atom stereocenters. The second-order valence-electron chi connectivity index (χ2n) is 6.31. The molecule has 2 aliphatic rings. The summed E-state index contributed by atoms with van der Waals surface area (Å²) in [4.78, 5) is 0. The van der Waals surface area contributed by atoms with E-state index in [9.17, 15) is 0 Å². The van der Waals surface area contributed by atoms with Crippen LogP contribution in [0.2, 0.25) is 0 Å². The Hall–Kier alpha value is -0.520. The second-order valence-corrected chi connectivity index (χ2v) is 6.31. The molecule has 1 aliphatic heterocycles. The summed E-state index contributed by atoms with van der Waals surface area (Å²) in [6.45, 7) is 5.63. The van der Waals surface area contributed by atoms with E-state index in [1.807, 2.05) is 0 Å². The first-order valence-corrected chi connectivity index (χ1v) is 7.68. The topological polar surface area (TPSA) is 24.1 Å². The van der Waals surface area contributed by atoms with Gasteiger partial charge in [-0.3, -0.25) is 0 Å². The molecule has 2 rings (SSSR count). The molecule has 4 atom stereocenters. The number of rotatable bonds is 4. The quantitative estimate of drug-likeness (QED) is 0.747. The van der Waals surface area contributed by atoms with Gasteiger partial charge in [0.25, 0.3) is 0 Å². The molecule has 102 valence electrons. The zero-order chi connectivity index (χ0) is 13.0. The summed E-state index contributed by atoms with van der Waals surface area (Å²) in [5.74, 6) is 4.24. The molecule has 2 nitrogen and oxygen atoms in total. The van der Waals surface area contributed by atoms with Gasteiger partial charge < -0.3 is 10.6 Å². The van der Waals surface area contributed by atoms with Crippen LogP contribution in [0.5, 0.6) is 0 Å². The van der Waals surface area contributed by atoms with E-state index in [4.69, 9.17) is 6.42 Å². The number of hydrogen-bond donors (Lipinski definition) is 2. The van der Waals surface area contributed by atoms with Gasteiger partial charge in [0.15, 0.2) is 0 Å². The van der Waals surface area contributed by atoms with Gasteiger partial charge in [0, 0.05) is 12.1 Å². The molecule has 1 saturated heterocycles. The van der Waals surface area contributed by atoms with Crippen molar-refractivity contribution in [3.8, 4) is 12.3 Å². The van der Waals surface area contributed by atoms with Crippen molar-refractivity contribution < 1.29 is 0 Å². The first-order valence-electron chi connectivity index (χ1n) is 7.68. The Morgan fingerprint density at radius 2 is 1.94 bits per heavy atom. The van der Waals surface area contributed by atoms with E-state index in [2.05, 4.69) is 30.4 Å². The Bertz CT molecular complexity index is 286. The number of terminal acetylenes is 1. The Morgan fingerprint density at radius 1 is 1.17 bits per heavy atom. The Balaban J connectivity index is 1.96. The van der Waals surface area contributed by atoms with Gasteiger partial charge in [0.1, 0.15) is 0 Å². The van der Waals surface area contributed by atoms with E-state index in [-0.39, 0.29) is 6.04 Å². The molecule has 0 aromatic rings. The van der Waals surface area contributed by atoms with Gasteiger partial charge in [-0.25, -0.2) is 0 Å². The highest BCUT2D eigenvalue weighted by Crippen LogP contribution is 2.31. The molecule has 1 heterocycles. The van der Waals surface area contributed by atoms with Crippen LogP contribution < -0.4 is 10.6 Å². The summed E-state index contributed by atoms with van der Waals surface area (Å²) in [5, 5.41) is 7.44. The molecule has 0 aromatic heterocycles. The maximum atomic E-state index is 5.66. The van der Waals surface area contributed by atoms with Gasteiger partial charge in [0.05, 0.1) is 6.04 Å². The molecule has 0 spiro atoms. The summed E-state index contributed by atoms with van der Waals surface area (Å²) in [6, 6.07) is 1.59. The van der Waals surface area contributed by atoms with E-state index in [1.54, 1.807) is 0 Å². The predicted molar refractivity (Wildman–Crippen MR) is 77.4 cm³/mol. The van der Waals surface area contributed by atoms with Crippen LogP contribution in [0, 0.1) is 24.2 Å². The summed E-state index contributed by atoms with van der Waals surface area (Å²) >= 11 is 0. The zero-order valence-electron chi connectivity index (χ0n) is 11.9. The van der Waals surface area contributed by atoms with Crippen molar-refractivity contribution in [2.75, 3.05) is 6.54 Å². The summed E-state index contributed by atoms with van der Waals surface area (Å²) < 4.78 is 0. The Kier molecular flexibility index (Phi) is 5.09. The monoisotopic (exact) mass is 248 g/mol. The second kappa shape index (κ2) is 6.59. The molecular formula is C16H28N2. The van der Waals surface area contributed by atoms with E-state index >= 15 is 0 Å². The third-order valence-electron chi connectivity index (χ3n) is 4.67. The van der Waals surface area contributed by atoms with Gasteiger partial charge in [-0.05, 0) is 44.1 Å². The van der Waals surface area contributed by atoms with Crippen molar-refractivity contribution in [2.24, 2.45) is 11.8 Å². The van der Waals surface area contributed by atoms with Crippen LogP contribution in [0.25, 0.3) is 0 Å². The van der Waals surface area contributed by atoms with Crippen LogP contribution in [0.3, 0.4) is 0 Å². The predicted octanol–water partition coefficient (Wildman–Crippen LogP) is 2.54. The van der Waals surface area contributed by atoms with E-state index < -0.39 is 0 Å². The summed E-state index contributed by atoms with van der Waals surface area (Å²) in [6.07, 6.45) is 13.8. The van der Waals surface area contributed by atoms with Crippen LogP contribution in [0.15, 0.2) is 0 Å². The number of hydrogen-bond acceptors (Lipinski definition) is 2. The van der Waals surface area contributed by atoms with Crippen molar-refractivity contribution in [3.63, 3.8) is 0 Å². The van der Waals surface area contributed by atoms with Gasteiger partial charge in [-0.1, -0.05) is 32.6 Å². The minimum atomic E-state index is 0.233. The van der Waals surface area contributed by atoms with E-state index in [0.29, 0.717) is 12.0 Å². The van der Waals surface area contributed by atoms with Crippen molar-refractivity contribution in [2.45, 2.75) is 70.5 Å². The summed E-state index contributed by atoms with van der Waals surface area (Å²) in [5.41, 5.74) is 0. The molecule has 2 N–H and O–H groups in total. The number of nitrogens with one attached hydrogen (secondary N) is 2. The van der Waals surface area contributed by atoms with Crippen LogP contribution in [0.4, 0.5) is 0 Å². The fourth-order valence-electron chi connectivity index (χ4n) is 3.59. The van der Waals surface area contributed by atoms with Gasteiger partial charge >= 0.3 is 0 Å². The van der Waals surface area contributed by atoms with E-state index in [0.717, 1.165) is 12.0 Å². The maximum absolute atomic E-state index is 5.66. The van der Waals surface area contributed by atoms with Gasteiger partial charge in [0.2, 0.25) is 0 Å². The smallest absolute Gasteiger partial charge is 0.0712 e. The Labute approximate surface area is 112 Å².